The van der Waals surface area contributed by atoms with Crippen LogP contribution in [0.15, 0.2) is 24.3 Å². The van der Waals surface area contributed by atoms with E-state index < -0.39 is 12.7 Å². The second-order valence-electron chi connectivity index (χ2n) is 2.33. The largest absolute Gasteiger partial charge is 2.00 e. The number of hydrogen-bond donors (Lipinski definition) is 2. The molecule has 7 nitrogen and oxygen atoms in total. The van der Waals surface area contributed by atoms with Crippen LogP contribution in [0.2, 0.25) is 0 Å². The molecule has 0 saturated carbocycles. The summed E-state index contributed by atoms with van der Waals surface area (Å²) in [6.07, 6.45) is 0. The monoisotopic (exact) mass is 243 g/mol. The molecule has 0 spiro atoms. The van der Waals surface area contributed by atoms with Gasteiger partial charge in [0.15, 0.2) is 0 Å². The Bertz CT molecular complexity index is 387. The van der Waals surface area contributed by atoms with Gasteiger partial charge in [-0.3, -0.25) is 19.9 Å². The van der Waals surface area contributed by atoms with Crippen LogP contribution in [0.4, 0.5) is 5.69 Å². The Labute approximate surface area is 101 Å². The number of phosphoric ester groups is 1. The topological polar surface area (TPSA) is 110 Å². The molecule has 0 bridgehead atoms. The summed E-state index contributed by atoms with van der Waals surface area (Å²) in [6.45, 7) is 0. The van der Waals surface area contributed by atoms with Gasteiger partial charge >= 0.3 is 30.9 Å². The molecule has 0 aromatic heterocycles. The number of nitrogens with zero attached hydrogens (tertiary/aromatic N) is 1. The van der Waals surface area contributed by atoms with Gasteiger partial charge in [0.25, 0.3) is 5.69 Å². The Balaban J connectivity index is 0.00000196. The Morgan fingerprint density at radius 2 is 1.73 bits per heavy atom. The number of benzene rings is 1. The van der Waals surface area contributed by atoms with Crippen molar-refractivity contribution >= 4 is 36.6 Å². The van der Waals surface area contributed by atoms with Crippen molar-refractivity contribution in [3.63, 3.8) is 0 Å². The van der Waals surface area contributed by atoms with E-state index in [4.69, 9.17) is 9.79 Å². The van der Waals surface area contributed by atoms with Crippen LogP contribution >= 0.6 is 7.82 Å². The summed E-state index contributed by atoms with van der Waals surface area (Å²) in [7, 11) is -4.60. The molecule has 9 heteroatoms. The fraction of sp³-hybridized carbons (Fsp3) is 0. The first-order chi connectivity index (χ1) is 6.38. The second kappa shape index (κ2) is 5.43. The molecule has 0 saturated heterocycles. The van der Waals surface area contributed by atoms with Crippen molar-refractivity contribution in [2.75, 3.05) is 0 Å². The van der Waals surface area contributed by atoms with Crippen LogP contribution in [-0.4, -0.2) is 37.8 Å². The van der Waals surface area contributed by atoms with Crippen LogP contribution in [0.5, 0.6) is 5.75 Å². The van der Waals surface area contributed by atoms with Crippen LogP contribution in [0, 0.1) is 10.1 Å². The van der Waals surface area contributed by atoms with E-state index in [-0.39, 0.29) is 34.5 Å². The van der Waals surface area contributed by atoms with Gasteiger partial charge in [-0.05, 0) is 12.1 Å². The Morgan fingerprint density at radius 1 is 1.27 bits per heavy atom. The molecule has 0 unspecified atom stereocenters. The Morgan fingerprint density at radius 3 is 2.07 bits per heavy atom. The summed E-state index contributed by atoms with van der Waals surface area (Å²) in [5, 5.41) is 10.2. The minimum absolute atomic E-state index is 0. The summed E-state index contributed by atoms with van der Waals surface area (Å²) in [6, 6.07) is 4.39. The summed E-state index contributed by atoms with van der Waals surface area (Å²) in [5.41, 5.74) is -0.178. The average Bonchev–Trinajstić information content (AvgIpc) is 2.02. The quantitative estimate of drug-likeness (QED) is 0.350. The maximum atomic E-state index is 10.4. The van der Waals surface area contributed by atoms with Gasteiger partial charge < -0.3 is 4.52 Å². The molecular formula is C6H6MgNO6P+2. The standard InChI is InChI=1S/C6H6NO6P.Mg/c8-7(9)5-1-3-6(4-2-5)13-14(10,11)12;/h1-4H,(H2,10,11,12);/q;+2. The minimum Gasteiger partial charge on any atom is -0.404 e. The first-order valence-corrected chi connectivity index (χ1v) is 4.91. The van der Waals surface area contributed by atoms with Crippen LogP contribution in [0.1, 0.15) is 0 Å². The van der Waals surface area contributed by atoms with E-state index in [1.54, 1.807) is 0 Å². The molecule has 0 aliphatic heterocycles. The second-order valence-corrected chi connectivity index (χ2v) is 3.50. The maximum Gasteiger partial charge on any atom is 2.00 e. The predicted molar refractivity (Wildman–Crippen MR) is 51.5 cm³/mol. The van der Waals surface area contributed by atoms with Crippen molar-refractivity contribution in [2.24, 2.45) is 0 Å². The molecular weight excluding hydrogens is 237 g/mol. The molecule has 0 aliphatic carbocycles. The third-order valence-corrected chi connectivity index (χ3v) is 1.72. The van der Waals surface area contributed by atoms with Crippen LogP contribution in [-0.2, 0) is 4.57 Å². The molecule has 2 N–H and O–H groups in total. The van der Waals surface area contributed by atoms with Gasteiger partial charge in [0.05, 0.1) is 4.92 Å². The van der Waals surface area contributed by atoms with Gasteiger partial charge in [0.1, 0.15) is 5.75 Å². The van der Waals surface area contributed by atoms with Crippen molar-refractivity contribution in [3.8, 4) is 5.75 Å². The van der Waals surface area contributed by atoms with Gasteiger partial charge in [0, 0.05) is 12.1 Å². The zero-order valence-corrected chi connectivity index (χ0v) is 9.75. The van der Waals surface area contributed by atoms with Crippen molar-refractivity contribution < 1.29 is 23.8 Å². The van der Waals surface area contributed by atoms with Gasteiger partial charge in [-0.15, -0.1) is 0 Å². The van der Waals surface area contributed by atoms with E-state index in [1.165, 1.54) is 0 Å². The number of hydrogen-bond acceptors (Lipinski definition) is 4. The number of phosphoric acid groups is 1. The van der Waals surface area contributed by atoms with Crippen molar-refractivity contribution in [1.82, 2.24) is 0 Å². The maximum absolute atomic E-state index is 10.4. The molecule has 0 fully saturated rings. The molecule has 1 aromatic carbocycles. The number of non-ortho nitro benzene ring substituents is 1. The first kappa shape index (κ1) is 14.3. The molecule has 0 radical (unpaired) electrons. The van der Waals surface area contributed by atoms with Gasteiger partial charge in [-0.2, -0.15) is 0 Å². The van der Waals surface area contributed by atoms with Crippen LogP contribution in [0.3, 0.4) is 0 Å². The molecule has 1 rings (SSSR count). The van der Waals surface area contributed by atoms with E-state index >= 15 is 0 Å². The fourth-order valence-corrected chi connectivity index (χ4v) is 1.16. The fourth-order valence-electron chi connectivity index (χ4n) is 0.766. The first-order valence-electron chi connectivity index (χ1n) is 3.38. The van der Waals surface area contributed by atoms with Gasteiger partial charge in [-0.25, -0.2) is 4.57 Å². The van der Waals surface area contributed by atoms with Gasteiger partial charge in [0.2, 0.25) is 0 Å². The van der Waals surface area contributed by atoms with Crippen molar-refractivity contribution in [3.05, 3.63) is 34.4 Å². The van der Waals surface area contributed by atoms with E-state index in [2.05, 4.69) is 4.52 Å². The van der Waals surface area contributed by atoms with E-state index in [0.717, 1.165) is 24.3 Å². The Hall–Kier alpha value is -0.664. The molecule has 1 aromatic rings. The average molecular weight is 243 g/mol. The Kier molecular flexibility index (Phi) is 5.19. The van der Waals surface area contributed by atoms with Crippen molar-refractivity contribution in [2.45, 2.75) is 0 Å². The minimum atomic E-state index is -4.60. The molecule has 76 valence electrons. The van der Waals surface area contributed by atoms with E-state index in [9.17, 15) is 14.7 Å². The summed E-state index contributed by atoms with van der Waals surface area (Å²) in [5.74, 6) is -0.121. The molecule has 0 amide bonds. The van der Waals surface area contributed by atoms with E-state index in [1.807, 2.05) is 0 Å². The van der Waals surface area contributed by atoms with Crippen molar-refractivity contribution in [1.29, 1.82) is 0 Å². The molecule has 0 heterocycles. The molecule has 15 heavy (non-hydrogen) atoms. The zero-order chi connectivity index (χ0) is 10.8. The predicted octanol–water partition coefficient (Wildman–Crippen LogP) is 0.685. The van der Waals surface area contributed by atoms with Crippen LogP contribution in [0.25, 0.3) is 0 Å². The summed E-state index contributed by atoms with van der Waals surface area (Å²) >= 11 is 0. The summed E-state index contributed by atoms with van der Waals surface area (Å²) in [4.78, 5) is 26.4. The van der Waals surface area contributed by atoms with E-state index in [0.29, 0.717) is 0 Å². The normalized spacial score (nSPS) is 10.3. The number of nitro benzene ring substituents is 1. The smallest absolute Gasteiger partial charge is 0.404 e. The number of rotatable bonds is 3. The number of nitro groups is 1. The summed E-state index contributed by atoms with van der Waals surface area (Å²) < 4.78 is 14.5. The van der Waals surface area contributed by atoms with Gasteiger partial charge in [-0.1, -0.05) is 0 Å². The molecule has 0 aliphatic rings. The van der Waals surface area contributed by atoms with Crippen LogP contribution < -0.4 is 4.52 Å². The SMILES string of the molecule is O=[N+]([O-])c1ccc(OP(=O)(O)O)cc1.[Mg+2]. The molecule has 0 atom stereocenters. The third-order valence-electron chi connectivity index (χ3n) is 1.27. The third kappa shape index (κ3) is 5.10. The zero-order valence-electron chi connectivity index (χ0n) is 7.44.